The fourth-order valence-corrected chi connectivity index (χ4v) is 2.79. The van der Waals surface area contributed by atoms with E-state index in [1.165, 1.54) is 64.2 Å². The third-order valence-electron chi connectivity index (χ3n) is 4.69. The van der Waals surface area contributed by atoms with Crippen LogP contribution in [0.5, 0.6) is 0 Å². The van der Waals surface area contributed by atoms with Gasteiger partial charge in [0.25, 0.3) is 0 Å². The fourth-order valence-electron chi connectivity index (χ4n) is 2.79. The van der Waals surface area contributed by atoms with Crippen molar-refractivity contribution in [1.82, 2.24) is 0 Å². The van der Waals surface area contributed by atoms with Crippen LogP contribution in [0, 0.1) is 5.92 Å². The van der Waals surface area contributed by atoms with Gasteiger partial charge in [-0.25, -0.2) is 4.79 Å². The van der Waals surface area contributed by atoms with Crippen LogP contribution in [0.15, 0.2) is 0 Å². The van der Waals surface area contributed by atoms with E-state index in [9.17, 15) is 9.59 Å². The molecule has 1 atom stereocenters. The van der Waals surface area contributed by atoms with Crippen LogP contribution in [-0.2, 0) is 14.3 Å². The van der Waals surface area contributed by atoms with Crippen LogP contribution >= 0.6 is 0 Å². The zero-order valence-electron chi connectivity index (χ0n) is 18.9. The van der Waals surface area contributed by atoms with Crippen LogP contribution < -0.4 is 35.3 Å². The van der Waals surface area contributed by atoms with Gasteiger partial charge in [0.15, 0.2) is 0 Å². The number of carbonyl (C=O) groups excluding carboxylic acids is 2. The number of hydrogen-bond acceptors (Lipinski definition) is 4. The van der Waals surface area contributed by atoms with E-state index >= 15 is 0 Å². The summed E-state index contributed by atoms with van der Waals surface area (Å²) in [4.78, 5) is 23.1. The molecule has 0 aromatic carbocycles. The van der Waals surface area contributed by atoms with Gasteiger partial charge in [0.05, 0.1) is 0 Å². The van der Waals surface area contributed by atoms with Crippen LogP contribution in [0.4, 0.5) is 0 Å². The van der Waals surface area contributed by atoms with Gasteiger partial charge >= 0.3 is 41.5 Å². The molecule has 0 spiro atoms. The zero-order valence-corrected chi connectivity index (χ0v) is 19.9. The van der Waals surface area contributed by atoms with E-state index in [-0.39, 0.29) is 36.9 Å². The predicted octanol–water partition coefficient (Wildman–Crippen LogP) is 2.64. The Morgan fingerprint density at radius 1 is 0.808 bits per heavy atom. The maximum Gasteiger partial charge on any atom is 1.00 e. The third-order valence-corrected chi connectivity index (χ3v) is 4.69. The molecule has 1 unspecified atom stereocenters. The molecule has 0 saturated heterocycles. The molecule has 0 heterocycles. The molecule has 150 valence electrons. The number of ether oxygens (including phenoxy) is 1. The van der Waals surface area contributed by atoms with Crippen molar-refractivity contribution in [3.8, 4) is 0 Å². The van der Waals surface area contributed by atoms with Gasteiger partial charge in [0.1, 0.15) is 6.04 Å². The molecular formula is C21H42NNaO3. The molecular weight excluding hydrogens is 337 g/mol. The standard InChI is InChI=1S/C21H41NO3.Na.H/c1-4-5-6-7-8-9-10-11-12-13-14-15-16-17-19(23)25-21(24)20(22)18(2)3;;/h18,20H,4-17,22H2,1-3H3;;/q;+1;-1. The van der Waals surface area contributed by atoms with Crippen LogP contribution in [0.25, 0.3) is 0 Å². The second-order valence-electron chi connectivity index (χ2n) is 7.56. The summed E-state index contributed by atoms with van der Waals surface area (Å²) in [6.07, 6.45) is 16.8. The molecule has 26 heavy (non-hydrogen) atoms. The molecule has 0 radical (unpaired) electrons. The van der Waals surface area contributed by atoms with Crippen molar-refractivity contribution < 1.29 is 45.3 Å². The van der Waals surface area contributed by atoms with Crippen molar-refractivity contribution in [3.05, 3.63) is 0 Å². The van der Waals surface area contributed by atoms with Crippen molar-refractivity contribution in [2.24, 2.45) is 11.7 Å². The van der Waals surface area contributed by atoms with E-state index in [0.29, 0.717) is 6.42 Å². The Balaban J connectivity index is -0.00000288. The summed E-state index contributed by atoms with van der Waals surface area (Å²) in [6.45, 7) is 5.93. The Morgan fingerprint density at radius 3 is 1.58 bits per heavy atom. The number of esters is 2. The summed E-state index contributed by atoms with van der Waals surface area (Å²) in [5.41, 5.74) is 5.66. The van der Waals surface area contributed by atoms with Gasteiger partial charge in [-0.05, 0) is 12.3 Å². The molecule has 4 nitrogen and oxygen atoms in total. The number of hydrogen-bond donors (Lipinski definition) is 1. The number of carbonyl (C=O) groups is 2. The molecule has 0 aliphatic carbocycles. The molecule has 0 aromatic rings. The van der Waals surface area contributed by atoms with Crippen LogP contribution in [0.3, 0.4) is 0 Å². The second kappa shape index (κ2) is 19.9. The van der Waals surface area contributed by atoms with E-state index in [0.717, 1.165) is 19.3 Å². The molecule has 5 heteroatoms. The van der Waals surface area contributed by atoms with E-state index < -0.39 is 18.0 Å². The van der Waals surface area contributed by atoms with Gasteiger partial charge in [-0.15, -0.1) is 0 Å². The zero-order chi connectivity index (χ0) is 18.9. The fraction of sp³-hybridized carbons (Fsp3) is 0.905. The van der Waals surface area contributed by atoms with Crippen molar-refractivity contribution in [2.45, 2.75) is 117 Å². The maximum absolute atomic E-state index is 11.6. The molecule has 0 saturated carbocycles. The first-order valence-corrected chi connectivity index (χ1v) is 10.5. The van der Waals surface area contributed by atoms with E-state index in [1.54, 1.807) is 0 Å². The van der Waals surface area contributed by atoms with Crippen molar-refractivity contribution in [2.75, 3.05) is 0 Å². The van der Waals surface area contributed by atoms with Crippen molar-refractivity contribution in [1.29, 1.82) is 0 Å². The van der Waals surface area contributed by atoms with Gasteiger partial charge < -0.3 is 11.9 Å². The van der Waals surface area contributed by atoms with Crippen molar-refractivity contribution >= 4 is 11.9 Å². The minimum atomic E-state index is -0.712. The van der Waals surface area contributed by atoms with Crippen LogP contribution in [-0.4, -0.2) is 18.0 Å². The monoisotopic (exact) mass is 379 g/mol. The molecule has 0 bridgehead atoms. The summed E-state index contributed by atoms with van der Waals surface area (Å²) in [7, 11) is 0. The van der Waals surface area contributed by atoms with Crippen LogP contribution in [0.2, 0.25) is 0 Å². The Labute approximate surface area is 185 Å². The van der Waals surface area contributed by atoms with Crippen molar-refractivity contribution in [3.63, 3.8) is 0 Å². The third kappa shape index (κ3) is 17.5. The first kappa shape index (κ1) is 28.3. The Kier molecular flexibility index (Phi) is 21.6. The summed E-state index contributed by atoms with van der Waals surface area (Å²) in [6, 6.07) is -0.712. The van der Waals surface area contributed by atoms with E-state index in [2.05, 4.69) is 6.92 Å². The SMILES string of the molecule is CCCCCCCCCCCCCCCC(=O)OC(=O)C(N)C(C)C.[H-].[Na+]. The Morgan fingerprint density at radius 2 is 1.19 bits per heavy atom. The summed E-state index contributed by atoms with van der Waals surface area (Å²) >= 11 is 0. The minimum Gasteiger partial charge on any atom is -1.00 e. The number of unbranched alkanes of at least 4 members (excludes halogenated alkanes) is 12. The second-order valence-corrected chi connectivity index (χ2v) is 7.56. The smallest absolute Gasteiger partial charge is 1.00 e. The Hall–Kier alpha value is 0.1000. The van der Waals surface area contributed by atoms with Gasteiger partial charge in [-0.3, -0.25) is 4.79 Å². The molecule has 0 amide bonds. The number of nitrogens with two attached hydrogens (primary N) is 1. The molecule has 0 fully saturated rings. The average Bonchev–Trinajstić information content (AvgIpc) is 2.58. The van der Waals surface area contributed by atoms with E-state index in [4.69, 9.17) is 10.5 Å². The maximum atomic E-state index is 11.6. The van der Waals surface area contributed by atoms with Gasteiger partial charge in [0.2, 0.25) is 0 Å². The normalized spacial score (nSPS) is 11.9. The molecule has 0 aliphatic heterocycles. The largest absolute Gasteiger partial charge is 1.00 e. The summed E-state index contributed by atoms with van der Waals surface area (Å²) in [5, 5.41) is 0. The van der Waals surface area contributed by atoms with Gasteiger partial charge in [-0.2, -0.15) is 0 Å². The topological polar surface area (TPSA) is 69.4 Å². The molecule has 0 aliphatic rings. The Bertz CT molecular complexity index is 354. The summed E-state index contributed by atoms with van der Waals surface area (Å²) < 4.78 is 4.78. The molecule has 2 N–H and O–H groups in total. The molecule has 0 rings (SSSR count). The molecule has 0 aromatic heterocycles. The number of rotatable bonds is 16. The summed E-state index contributed by atoms with van der Waals surface area (Å²) in [5.74, 6) is -1.06. The predicted molar refractivity (Wildman–Crippen MR) is 105 cm³/mol. The van der Waals surface area contributed by atoms with Gasteiger partial charge in [0, 0.05) is 6.42 Å². The average molecular weight is 380 g/mol. The first-order chi connectivity index (χ1) is 12.0. The van der Waals surface area contributed by atoms with Gasteiger partial charge in [-0.1, -0.05) is 97.8 Å². The van der Waals surface area contributed by atoms with Crippen LogP contribution in [0.1, 0.15) is 112 Å². The first-order valence-electron chi connectivity index (χ1n) is 10.5. The van der Waals surface area contributed by atoms with E-state index in [1.807, 2.05) is 13.8 Å². The minimum absolute atomic E-state index is 0. The quantitative estimate of drug-likeness (QED) is 0.194.